The van der Waals surface area contributed by atoms with Gasteiger partial charge in [-0.15, -0.1) is 0 Å². The second kappa shape index (κ2) is 9.74. The van der Waals surface area contributed by atoms with Gasteiger partial charge in [0.1, 0.15) is 6.04 Å². The van der Waals surface area contributed by atoms with E-state index in [4.69, 9.17) is 0 Å². The first-order valence-electron chi connectivity index (χ1n) is 10.8. The van der Waals surface area contributed by atoms with Gasteiger partial charge in [-0.05, 0) is 49.2 Å². The van der Waals surface area contributed by atoms with Gasteiger partial charge in [0.05, 0.1) is 10.4 Å². The van der Waals surface area contributed by atoms with E-state index >= 15 is 0 Å². The van der Waals surface area contributed by atoms with Crippen LogP contribution in [0.3, 0.4) is 0 Å². The van der Waals surface area contributed by atoms with Crippen molar-refractivity contribution in [3.8, 4) is 0 Å². The standard InChI is InChI=1S/C26H25BrN2O4S/c1-17-8-11-22(12-9-17)34(32,33)29-16-20(23-13-10-21(27)15-25(23)29)14-24(26(30)31)28-18(2)19-6-4-3-5-7-19/h3-13,15-16,18,24,28H,14H2,1-2H3,(H,30,31)/t18-,24+/m1/s1. The molecule has 0 spiro atoms. The average Bonchev–Trinajstić information content (AvgIpc) is 3.17. The summed E-state index contributed by atoms with van der Waals surface area (Å²) in [5, 5.41) is 13.8. The van der Waals surface area contributed by atoms with E-state index < -0.39 is 22.0 Å². The number of aliphatic carboxylic acids is 1. The van der Waals surface area contributed by atoms with Gasteiger partial charge < -0.3 is 5.11 Å². The first-order valence-corrected chi connectivity index (χ1v) is 13.1. The quantitative estimate of drug-likeness (QED) is 0.316. The normalized spacial score (nSPS) is 13.6. The monoisotopic (exact) mass is 540 g/mol. The van der Waals surface area contributed by atoms with Crippen LogP contribution in [0.1, 0.15) is 29.7 Å². The summed E-state index contributed by atoms with van der Waals surface area (Å²) in [5.41, 5.74) is 3.06. The molecule has 4 aromatic rings. The summed E-state index contributed by atoms with van der Waals surface area (Å²) in [5.74, 6) is -0.998. The van der Waals surface area contributed by atoms with Gasteiger partial charge in [0.2, 0.25) is 0 Å². The predicted molar refractivity (Wildman–Crippen MR) is 137 cm³/mol. The fourth-order valence-corrected chi connectivity index (χ4v) is 5.73. The van der Waals surface area contributed by atoms with Gasteiger partial charge in [-0.3, -0.25) is 10.1 Å². The molecule has 0 fully saturated rings. The zero-order chi connectivity index (χ0) is 24.5. The molecule has 176 valence electrons. The molecule has 0 aliphatic rings. The van der Waals surface area contributed by atoms with Crippen LogP contribution in [0.15, 0.2) is 88.4 Å². The number of hydrogen-bond donors (Lipinski definition) is 2. The number of fused-ring (bicyclic) bond motifs is 1. The molecule has 1 heterocycles. The molecule has 0 amide bonds. The van der Waals surface area contributed by atoms with E-state index in [1.54, 1.807) is 30.3 Å². The van der Waals surface area contributed by atoms with Gasteiger partial charge in [-0.25, -0.2) is 12.4 Å². The van der Waals surface area contributed by atoms with E-state index in [0.717, 1.165) is 15.6 Å². The Kier molecular flexibility index (Phi) is 6.93. The maximum atomic E-state index is 13.5. The second-order valence-electron chi connectivity index (χ2n) is 8.32. The zero-order valence-corrected chi connectivity index (χ0v) is 21.2. The molecule has 0 aliphatic heterocycles. The molecular formula is C26H25BrN2O4S. The van der Waals surface area contributed by atoms with Crippen molar-refractivity contribution in [3.63, 3.8) is 0 Å². The Labute approximate surface area is 207 Å². The molecule has 0 saturated carbocycles. The molecule has 1 aromatic heterocycles. The highest BCUT2D eigenvalue weighted by Gasteiger charge is 2.26. The maximum absolute atomic E-state index is 13.5. The minimum atomic E-state index is -3.87. The largest absolute Gasteiger partial charge is 0.480 e. The summed E-state index contributed by atoms with van der Waals surface area (Å²) in [6, 6.07) is 20.6. The van der Waals surface area contributed by atoms with Crippen LogP contribution in [0.2, 0.25) is 0 Å². The number of nitrogens with zero attached hydrogens (tertiary/aromatic N) is 1. The number of aryl methyl sites for hydroxylation is 1. The summed E-state index contributed by atoms with van der Waals surface area (Å²) in [6.07, 6.45) is 1.66. The van der Waals surface area contributed by atoms with Crippen molar-refractivity contribution in [3.05, 3.63) is 100 Å². The van der Waals surface area contributed by atoms with Gasteiger partial charge in [-0.1, -0.05) is 70.0 Å². The Morgan fingerprint density at radius 2 is 1.74 bits per heavy atom. The Bertz CT molecular complexity index is 1430. The molecule has 0 saturated heterocycles. The van der Waals surface area contributed by atoms with E-state index in [0.29, 0.717) is 16.5 Å². The van der Waals surface area contributed by atoms with Crippen LogP contribution in [0.25, 0.3) is 10.9 Å². The Morgan fingerprint density at radius 3 is 2.38 bits per heavy atom. The van der Waals surface area contributed by atoms with Gasteiger partial charge in [0.25, 0.3) is 10.0 Å². The van der Waals surface area contributed by atoms with Gasteiger partial charge in [-0.2, -0.15) is 0 Å². The van der Waals surface area contributed by atoms with Gasteiger partial charge in [0.15, 0.2) is 0 Å². The highest BCUT2D eigenvalue weighted by molar-refractivity contribution is 9.10. The number of nitrogens with one attached hydrogen (secondary N) is 1. The Balaban J connectivity index is 1.74. The summed E-state index contributed by atoms with van der Waals surface area (Å²) in [7, 11) is -3.87. The highest BCUT2D eigenvalue weighted by atomic mass is 79.9. The van der Waals surface area contributed by atoms with Crippen LogP contribution in [0.5, 0.6) is 0 Å². The van der Waals surface area contributed by atoms with E-state index in [9.17, 15) is 18.3 Å². The lowest BCUT2D eigenvalue weighted by Crippen LogP contribution is -2.40. The summed E-state index contributed by atoms with van der Waals surface area (Å²) < 4.78 is 28.9. The fourth-order valence-electron chi connectivity index (χ4n) is 4.00. The minimum absolute atomic E-state index is 0.126. The van der Waals surface area contributed by atoms with Crippen molar-refractivity contribution < 1.29 is 18.3 Å². The average molecular weight is 541 g/mol. The number of halogens is 1. The summed E-state index contributed by atoms with van der Waals surface area (Å²) in [6.45, 7) is 3.81. The first-order chi connectivity index (χ1) is 16.2. The number of carboxylic acids is 1. The third-order valence-corrected chi connectivity index (χ3v) is 8.05. The molecule has 8 heteroatoms. The number of benzene rings is 3. The smallest absolute Gasteiger partial charge is 0.321 e. The maximum Gasteiger partial charge on any atom is 0.321 e. The summed E-state index contributed by atoms with van der Waals surface area (Å²) in [4.78, 5) is 12.3. The molecular weight excluding hydrogens is 516 g/mol. The van der Waals surface area contributed by atoms with Crippen molar-refractivity contribution in [1.29, 1.82) is 0 Å². The van der Waals surface area contributed by atoms with Crippen molar-refractivity contribution in [2.45, 2.75) is 37.2 Å². The predicted octanol–water partition coefficient (Wildman–Crippen LogP) is 5.30. The van der Waals surface area contributed by atoms with Crippen molar-refractivity contribution in [2.24, 2.45) is 0 Å². The molecule has 2 atom stereocenters. The van der Waals surface area contributed by atoms with Crippen LogP contribution in [-0.2, 0) is 21.2 Å². The van der Waals surface area contributed by atoms with Crippen molar-refractivity contribution in [1.82, 2.24) is 9.29 Å². The van der Waals surface area contributed by atoms with Crippen LogP contribution < -0.4 is 5.32 Å². The highest BCUT2D eigenvalue weighted by Crippen LogP contribution is 2.30. The molecule has 0 aliphatic carbocycles. The number of carboxylic acid groups (broad SMARTS) is 1. The second-order valence-corrected chi connectivity index (χ2v) is 11.1. The lowest BCUT2D eigenvalue weighted by molar-refractivity contribution is -0.139. The first kappa shape index (κ1) is 24.2. The zero-order valence-electron chi connectivity index (χ0n) is 18.8. The molecule has 3 aromatic carbocycles. The lowest BCUT2D eigenvalue weighted by Gasteiger charge is -2.20. The van der Waals surface area contributed by atoms with Gasteiger partial charge >= 0.3 is 5.97 Å². The molecule has 0 radical (unpaired) electrons. The van der Waals surface area contributed by atoms with Gasteiger partial charge in [0, 0.05) is 28.5 Å². The number of hydrogen-bond acceptors (Lipinski definition) is 4. The third kappa shape index (κ3) is 4.94. The SMILES string of the molecule is Cc1ccc(S(=O)(=O)n2cc(C[C@H](N[C@H](C)c3ccccc3)C(=O)O)c3ccc(Br)cc32)cc1. The van der Waals surface area contributed by atoms with E-state index in [1.807, 2.05) is 56.3 Å². The van der Waals surface area contributed by atoms with E-state index in [-0.39, 0.29) is 17.4 Å². The number of rotatable bonds is 8. The lowest BCUT2D eigenvalue weighted by atomic mass is 10.0. The number of aromatic nitrogens is 1. The molecule has 0 bridgehead atoms. The van der Waals surface area contributed by atoms with Crippen LogP contribution in [0, 0.1) is 6.92 Å². The van der Waals surface area contributed by atoms with Crippen LogP contribution in [0.4, 0.5) is 0 Å². The molecule has 0 unspecified atom stereocenters. The van der Waals surface area contributed by atoms with E-state index in [2.05, 4.69) is 21.2 Å². The molecule has 2 N–H and O–H groups in total. The van der Waals surface area contributed by atoms with Crippen LogP contribution in [-0.4, -0.2) is 29.5 Å². The molecule has 6 nitrogen and oxygen atoms in total. The molecule has 4 rings (SSSR count). The van der Waals surface area contributed by atoms with E-state index in [1.165, 1.54) is 10.2 Å². The van der Waals surface area contributed by atoms with Crippen LogP contribution >= 0.6 is 15.9 Å². The van der Waals surface area contributed by atoms with Crippen molar-refractivity contribution in [2.75, 3.05) is 0 Å². The Hall–Kier alpha value is -2.94. The third-order valence-electron chi connectivity index (χ3n) is 5.87. The summed E-state index contributed by atoms with van der Waals surface area (Å²) >= 11 is 3.43. The van der Waals surface area contributed by atoms with Crippen molar-refractivity contribution >= 4 is 42.8 Å². The fraction of sp³-hybridized carbons (Fsp3) is 0.192. The molecule has 34 heavy (non-hydrogen) atoms. The Morgan fingerprint density at radius 1 is 1.06 bits per heavy atom. The number of carbonyl (C=O) groups is 1. The topological polar surface area (TPSA) is 88.4 Å². The minimum Gasteiger partial charge on any atom is -0.480 e.